The summed E-state index contributed by atoms with van der Waals surface area (Å²) in [6, 6.07) is 8.55. The maximum absolute atomic E-state index is 13.2. The fraction of sp³-hybridized carbons (Fsp3) is 0.696. The fourth-order valence-corrected chi connectivity index (χ4v) is 6.22. The molecule has 5 rings (SSSR count). The average Bonchev–Trinajstić information content (AvgIpc) is 2.59. The van der Waals surface area contributed by atoms with Crippen LogP contribution in [0.4, 0.5) is 4.79 Å². The molecule has 0 aliphatic heterocycles. The van der Waals surface area contributed by atoms with Crippen molar-refractivity contribution in [3.8, 4) is 5.75 Å². The lowest BCUT2D eigenvalue weighted by Gasteiger charge is -2.60. The van der Waals surface area contributed by atoms with Crippen molar-refractivity contribution < 1.29 is 9.53 Å². The fourth-order valence-electron chi connectivity index (χ4n) is 6.22. The van der Waals surface area contributed by atoms with Crippen molar-refractivity contribution in [2.24, 2.45) is 17.8 Å². The molecule has 4 heteroatoms. The number of nitrogens with one attached hydrogen (secondary N) is 1. The van der Waals surface area contributed by atoms with Gasteiger partial charge in [0.25, 0.3) is 0 Å². The normalized spacial score (nSPS) is 31.2. The summed E-state index contributed by atoms with van der Waals surface area (Å²) in [5, 5.41) is 3.18. The summed E-state index contributed by atoms with van der Waals surface area (Å²) in [6.07, 6.45) is 7.76. The second-order valence-corrected chi connectivity index (χ2v) is 9.41. The summed E-state index contributed by atoms with van der Waals surface area (Å²) in [5.74, 6) is 3.37. The minimum atomic E-state index is 0.0618. The van der Waals surface area contributed by atoms with E-state index in [2.05, 4.69) is 22.3 Å². The lowest BCUT2D eigenvalue weighted by atomic mass is 9.52. The van der Waals surface area contributed by atoms with E-state index in [-0.39, 0.29) is 17.6 Å². The molecule has 0 aromatic heterocycles. The van der Waals surface area contributed by atoms with E-state index >= 15 is 0 Å². The summed E-state index contributed by atoms with van der Waals surface area (Å²) >= 11 is 0. The van der Waals surface area contributed by atoms with E-state index in [1.807, 2.05) is 32.9 Å². The van der Waals surface area contributed by atoms with E-state index in [0.29, 0.717) is 13.2 Å². The highest BCUT2D eigenvalue weighted by Crippen LogP contribution is 2.58. The van der Waals surface area contributed by atoms with Gasteiger partial charge in [-0.3, -0.25) is 0 Å². The number of hydrogen-bond acceptors (Lipinski definition) is 2. The van der Waals surface area contributed by atoms with Gasteiger partial charge in [-0.1, -0.05) is 12.1 Å². The maximum atomic E-state index is 13.2. The van der Waals surface area contributed by atoms with Gasteiger partial charge in [0.2, 0.25) is 0 Å². The molecular formula is C23H34N2O2. The number of carbonyl (C=O) groups excluding carboxylic acids is 1. The third kappa shape index (κ3) is 3.81. The van der Waals surface area contributed by atoms with Gasteiger partial charge in [-0.25, -0.2) is 4.79 Å². The first-order chi connectivity index (χ1) is 13.0. The van der Waals surface area contributed by atoms with Crippen molar-refractivity contribution in [2.75, 3.05) is 6.61 Å². The lowest BCUT2D eigenvalue weighted by molar-refractivity contribution is -0.0733. The van der Waals surface area contributed by atoms with Crippen LogP contribution in [-0.2, 0) is 6.54 Å². The van der Waals surface area contributed by atoms with Crippen molar-refractivity contribution in [1.29, 1.82) is 0 Å². The summed E-state index contributed by atoms with van der Waals surface area (Å²) in [5.41, 5.74) is 1.25. The molecule has 4 nitrogen and oxygen atoms in total. The van der Waals surface area contributed by atoms with E-state index in [4.69, 9.17) is 4.74 Å². The Morgan fingerprint density at radius 3 is 2.15 bits per heavy atom. The van der Waals surface area contributed by atoms with E-state index < -0.39 is 0 Å². The van der Waals surface area contributed by atoms with Crippen molar-refractivity contribution in [3.63, 3.8) is 0 Å². The molecule has 0 spiro atoms. The van der Waals surface area contributed by atoms with Gasteiger partial charge < -0.3 is 15.0 Å². The highest BCUT2D eigenvalue weighted by Gasteiger charge is 2.54. The van der Waals surface area contributed by atoms with Crippen LogP contribution in [-0.4, -0.2) is 29.1 Å². The number of urea groups is 1. The van der Waals surface area contributed by atoms with Crippen LogP contribution in [0.3, 0.4) is 0 Å². The SMILES string of the molecule is CCOc1ccc(CN(C(=O)NC(C)C)C23CC4CC(CC(C4)C2)C3)cc1. The van der Waals surface area contributed by atoms with Gasteiger partial charge in [0.05, 0.1) is 6.61 Å². The number of hydrogen-bond donors (Lipinski definition) is 1. The molecule has 2 amide bonds. The topological polar surface area (TPSA) is 41.6 Å². The first kappa shape index (κ1) is 18.6. The maximum Gasteiger partial charge on any atom is 0.318 e. The molecule has 4 aliphatic carbocycles. The van der Waals surface area contributed by atoms with Crippen LogP contribution in [0.5, 0.6) is 5.75 Å². The predicted octanol–water partition coefficient (Wildman–Crippen LogP) is 4.97. The van der Waals surface area contributed by atoms with E-state index in [9.17, 15) is 4.79 Å². The smallest absolute Gasteiger partial charge is 0.318 e. The Kier molecular flexibility index (Phi) is 5.09. The largest absolute Gasteiger partial charge is 0.494 e. The molecule has 0 radical (unpaired) electrons. The van der Waals surface area contributed by atoms with Crippen LogP contribution in [0, 0.1) is 17.8 Å². The molecule has 4 fully saturated rings. The molecule has 0 heterocycles. The molecular weight excluding hydrogens is 336 g/mol. The minimum absolute atomic E-state index is 0.0618. The van der Waals surface area contributed by atoms with Crippen LogP contribution in [0.25, 0.3) is 0 Å². The molecule has 27 heavy (non-hydrogen) atoms. The Morgan fingerprint density at radius 2 is 1.67 bits per heavy atom. The van der Waals surface area contributed by atoms with E-state index in [1.165, 1.54) is 44.1 Å². The van der Waals surface area contributed by atoms with E-state index in [1.54, 1.807) is 0 Å². The van der Waals surface area contributed by atoms with Gasteiger partial charge in [0.1, 0.15) is 5.75 Å². The van der Waals surface area contributed by atoms with Gasteiger partial charge in [-0.2, -0.15) is 0 Å². The van der Waals surface area contributed by atoms with Crippen molar-refractivity contribution >= 4 is 6.03 Å². The number of carbonyl (C=O) groups is 1. The van der Waals surface area contributed by atoms with Crippen LogP contribution in [0.15, 0.2) is 24.3 Å². The molecule has 0 saturated heterocycles. The van der Waals surface area contributed by atoms with Gasteiger partial charge in [0, 0.05) is 18.1 Å². The Bertz CT molecular complexity index is 632. The van der Waals surface area contributed by atoms with Gasteiger partial charge in [-0.15, -0.1) is 0 Å². The predicted molar refractivity (Wildman–Crippen MR) is 108 cm³/mol. The highest BCUT2D eigenvalue weighted by molar-refractivity contribution is 5.75. The van der Waals surface area contributed by atoms with Crippen molar-refractivity contribution in [2.45, 2.75) is 77.4 Å². The van der Waals surface area contributed by atoms with Gasteiger partial charge >= 0.3 is 6.03 Å². The van der Waals surface area contributed by atoms with Crippen LogP contribution in [0.2, 0.25) is 0 Å². The van der Waals surface area contributed by atoms with E-state index in [0.717, 1.165) is 23.5 Å². The zero-order valence-corrected chi connectivity index (χ0v) is 17.0. The number of ether oxygens (including phenoxy) is 1. The standard InChI is InChI=1S/C23H34N2O2/c1-4-27-21-7-5-17(6-8-21)15-25(22(26)24-16(2)3)23-12-18-9-19(13-23)11-20(10-18)14-23/h5-8,16,18-20H,4,9-15H2,1-3H3,(H,24,26). The number of nitrogens with zero attached hydrogens (tertiary/aromatic N) is 1. The molecule has 0 atom stereocenters. The zero-order valence-electron chi connectivity index (χ0n) is 17.0. The first-order valence-electron chi connectivity index (χ1n) is 10.8. The first-order valence-corrected chi connectivity index (χ1v) is 10.8. The Hall–Kier alpha value is -1.71. The molecule has 4 aliphatic rings. The Morgan fingerprint density at radius 1 is 1.11 bits per heavy atom. The van der Waals surface area contributed by atoms with Crippen LogP contribution >= 0.6 is 0 Å². The van der Waals surface area contributed by atoms with Gasteiger partial charge in [0.15, 0.2) is 0 Å². The minimum Gasteiger partial charge on any atom is -0.494 e. The third-order valence-corrected chi connectivity index (χ3v) is 6.81. The zero-order chi connectivity index (χ0) is 19.0. The lowest BCUT2D eigenvalue weighted by Crippen LogP contribution is -2.63. The van der Waals surface area contributed by atoms with Crippen molar-refractivity contribution in [1.82, 2.24) is 10.2 Å². The average molecular weight is 371 g/mol. The number of benzene rings is 1. The number of rotatable bonds is 6. The molecule has 4 saturated carbocycles. The summed E-state index contributed by atoms with van der Waals surface area (Å²) < 4.78 is 5.57. The molecule has 0 unspecified atom stereocenters. The van der Waals surface area contributed by atoms with Crippen LogP contribution in [0.1, 0.15) is 64.9 Å². The molecule has 1 aromatic rings. The molecule has 1 aromatic carbocycles. The summed E-state index contributed by atoms with van der Waals surface area (Å²) in [4.78, 5) is 15.4. The Balaban J connectivity index is 1.58. The summed E-state index contributed by atoms with van der Waals surface area (Å²) in [6.45, 7) is 7.46. The second-order valence-electron chi connectivity index (χ2n) is 9.41. The number of amides is 2. The monoisotopic (exact) mass is 370 g/mol. The second kappa shape index (κ2) is 7.37. The molecule has 4 bridgehead atoms. The Labute approximate surface area is 163 Å². The quantitative estimate of drug-likeness (QED) is 0.768. The molecule has 148 valence electrons. The summed E-state index contributed by atoms with van der Waals surface area (Å²) in [7, 11) is 0. The van der Waals surface area contributed by atoms with Crippen molar-refractivity contribution in [3.05, 3.63) is 29.8 Å². The third-order valence-electron chi connectivity index (χ3n) is 6.81. The highest BCUT2D eigenvalue weighted by atomic mass is 16.5. The molecule has 1 N–H and O–H groups in total. The van der Waals surface area contributed by atoms with Gasteiger partial charge in [-0.05, 0) is 94.7 Å². The van der Waals surface area contributed by atoms with Crippen LogP contribution < -0.4 is 10.1 Å².